The Morgan fingerprint density at radius 2 is 2.06 bits per heavy atom. The van der Waals surface area contributed by atoms with E-state index in [1.807, 2.05) is 24.6 Å². The van der Waals surface area contributed by atoms with Gasteiger partial charge < -0.3 is 9.74 Å². The summed E-state index contributed by atoms with van der Waals surface area (Å²) in [5.41, 5.74) is 1.34. The monoisotopic (exact) mass is 493 g/mol. The Hall–Kier alpha value is -2.05. The molecule has 10 nitrogen and oxygen atoms in total. The molecule has 1 aliphatic heterocycles. The van der Waals surface area contributed by atoms with E-state index in [-0.39, 0.29) is 41.2 Å². The summed E-state index contributed by atoms with van der Waals surface area (Å²) in [6.07, 6.45) is -0.0129. The van der Waals surface area contributed by atoms with Crippen LogP contribution >= 0.6 is 11.8 Å². The van der Waals surface area contributed by atoms with E-state index >= 15 is 0 Å². The van der Waals surface area contributed by atoms with E-state index in [2.05, 4.69) is 59.8 Å². The summed E-state index contributed by atoms with van der Waals surface area (Å²) in [6, 6.07) is 1.58. The lowest BCUT2D eigenvalue weighted by Gasteiger charge is -2.45. The molecule has 0 saturated carbocycles. The van der Waals surface area contributed by atoms with Crippen LogP contribution < -0.4 is 5.32 Å². The van der Waals surface area contributed by atoms with Crippen molar-refractivity contribution in [1.29, 1.82) is 0 Å². The Morgan fingerprint density at radius 3 is 2.64 bits per heavy atom. The van der Waals surface area contributed by atoms with E-state index in [4.69, 9.17) is 4.43 Å². The lowest BCUT2D eigenvalue weighted by atomic mass is 9.83. The number of aromatic nitrogens is 6. The molecule has 12 heteroatoms. The highest BCUT2D eigenvalue weighted by Crippen LogP contribution is 2.39. The van der Waals surface area contributed by atoms with Crippen LogP contribution in [-0.4, -0.2) is 67.9 Å². The van der Waals surface area contributed by atoms with Crippen LogP contribution in [0.4, 0.5) is 0 Å². The van der Waals surface area contributed by atoms with Gasteiger partial charge >= 0.3 is 0 Å². The molecule has 0 bridgehead atoms. The maximum Gasteiger partial charge on any atom is 0.228 e. The van der Waals surface area contributed by atoms with Crippen molar-refractivity contribution in [2.24, 2.45) is 13.0 Å². The van der Waals surface area contributed by atoms with Crippen LogP contribution in [0.25, 0.3) is 0 Å². The van der Waals surface area contributed by atoms with Gasteiger partial charge in [-0.2, -0.15) is 5.10 Å². The zero-order valence-electron chi connectivity index (χ0n) is 20.7. The first kappa shape index (κ1) is 25.6. The van der Waals surface area contributed by atoms with Crippen molar-refractivity contribution in [2.75, 3.05) is 5.75 Å². The summed E-state index contributed by atoms with van der Waals surface area (Å²) in [4.78, 5) is 25.3. The minimum atomic E-state index is -2.01. The number of carbonyl (C=O) groups excluding carboxylic acids is 2. The maximum absolute atomic E-state index is 12.9. The molecule has 0 aromatic carbocycles. The molecule has 33 heavy (non-hydrogen) atoms. The summed E-state index contributed by atoms with van der Waals surface area (Å²) in [5, 5.41) is 19.6. The molecular weight excluding hydrogens is 458 g/mol. The first-order valence-corrected chi connectivity index (χ1v) is 15.1. The fraction of sp³-hybridized carbons (Fsp3) is 0.714. The SMILES string of the molecule is Cc1cc(C(=O)C[C@H]2NC(=O)[C@@H]2[C@@H](C)O[Si](C)(C)C(C)(C)C)nn1CCSc1nnnn1C. The molecule has 2 aromatic rings. The van der Waals surface area contributed by atoms with E-state index in [0.717, 1.165) is 16.6 Å². The summed E-state index contributed by atoms with van der Waals surface area (Å²) in [6.45, 7) is 15.4. The average Bonchev–Trinajstić information content (AvgIpc) is 3.25. The number of thioether (sulfide) groups is 1. The second kappa shape index (κ2) is 9.67. The van der Waals surface area contributed by atoms with Gasteiger partial charge in [0, 0.05) is 24.9 Å². The molecule has 0 spiro atoms. The van der Waals surface area contributed by atoms with Gasteiger partial charge in [0.25, 0.3) is 0 Å². The third-order valence-electron chi connectivity index (χ3n) is 6.64. The summed E-state index contributed by atoms with van der Waals surface area (Å²) in [5.74, 6) is 0.295. The number of hydrogen-bond acceptors (Lipinski definition) is 8. The second-order valence-corrected chi connectivity index (χ2v) is 16.0. The van der Waals surface area contributed by atoms with Crippen LogP contribution in [0.3, 0.4) is 0 Å². The number of β-lactam (4-membered cyclic amide) rings is 1. The van der Waals surface area contributed by atoms with Gasteiger partial charge in [0.2, 0.25) is 11.1 Å². The first-order valence-electron chi connectivity index (χ1n) is 11.2. The lowest BCUT2D eigenvalue weighted by Crippen LogP contribution is -2.64. The van der Waals surface area contributed by atoms with Gasteiger partial charge in [-0.05, 0) is 48.5 Å². The third-order valence-corrected chi connectivity index (χ3v) is 12.2. The Morgan fingerprint density at radius 1 is 1.36 bits per heavy atom. The molecule has 3 heterocycles. The molecule has 2 aromatic heterocycles. The number of amides is 1. The van der Waals surface area contributed by atoms with Crippen molar-refractivity contribution in [2.45, 2.75) is 83.0 Å². The molecule has 0 radical (unpaired) electrons. The van der Waals surface area contributed by atoms with E-state index in [1.165, 1.54) is 11.8 Å². The number of rotatable bonds is 10. The Balaban J connectivity index is 1.57. The summed E-state index contributed by atoms with van der Waals surface area (Å²) >= 11 is 1.53. The highest BCUT2D eigenvalue weighted by Gasteiger charge is 2.48. The Kier molecular flexibility index (Phi) is 7.49. The first-order chi connectivity index (χ1) is 15.3. The fourth-order valence-corrected chi connectivity index (χ4v) is 5.83. The van der Waals surface area contributed by atoms with E-state index in [9.17, 15) is 9.59 Å². The van der Waals surface area contributed by atoms with Crippen LogP contribution in [0.15, 0.2) is 11.2 Å². The number of ketones is 1. The van der Waals surface area contributed by atoms with Gasteiger partial charge in [0.05, 0.1) is 24.6 Å². The maximum atomic E-state index is 12.9. The molecule has 1 aliphatic rings. The van der Waals surface area contributed by atoms with E-state index < -0.39 is 8.32 Å². The fourth-order valence-electron chi connectivity index (χ4n) is 3.63. The van der Waals surface area contributed by atoms with Gasteiger partial charge in [-0.15, -0.1) is 5.10 Å². The zero-order chi connectivity index (χ0) is 24.6. The predicted octanol–water partition coefficient (Wildman–Crippen LogP) is 2.61. The van der Waals surface area contributed by atoms with Gasteiger partial charge in [-0.1, -0.05) is 32.5 Å². The van der Waals surface area contributed by atoms with Gasteiger partial charge in [0.1, 0.15) is 5.69 Å². The van der Waals surface area contributed by atoms with Gasteiger partial charge in [-0.3, -0.25) is 14.3 Å². The predicted molar refractivity (Wildman–Crippen MR) is 129 cm³/mol. The molecule has 3 rings (SSSR count). The van der Waals surface area contributed by atoms with Crippen molar-refractivity contribution in [3.05, 3.63) is 17.5 Å². The van der Waals surface area contributed by atoms with Crippen LogP contribution in [-0.2, 0) is 22.8 Å². The average molecular weight is 494 g/mol. The standard InChI is InChI=1S/C21H35N7O3SSi/c1-13-11-15(24-28(13)9-10-32-20-23-25-26-27(20)6)17(29)12-16-18(19(30)22-16)14(2)31-33(7,8)21(3,4)5/h11,14,16,18H,9-10,12H2,1-8H3,(H,22,30)/t14-,16-,18-/m1/s1. The van der Waals surface area contributed by atoms with Gasteiger partial charge in [-0.25, -0.2) is 4.68 Å². The smallest absolute Gasteiger partial charge is 0.228 e. The Labute approximate surface area is 200 Å². The summed E-state index contributed by atoms with van der Waals surface area (Å²) in [7, 11) is -0.219. The van der Waals surface area contributed by atoms with E-state index in [0.29, 0.717) is 12.2 Å². The number of aryl methyl sites for hydroxylation is 3. The summed E-state index contributed by atoms with van der Waals surface area (Å²) < 4.78 is 9.87. The second-order valence-electron chi connectivity index (χ2n) is 10.2. The molecule has 182 valence electrons. The number of tetrazole rings is 1. The number of nitrogens with one attached hydrogen (secondary N) is 1. The van der Waals surface area contributed by atoms with Crippen molar-refractivity contribution in [3.8, 4) is 0 Å². The number of carbonyl (C=O) groups is 2. The van der Waals surface area contributed by atoms with Crippen molar-refractivity contribution >= 4 is 31.8 Å². The topological polar surface area (TPSA) is 117 Å². The van der Waals surface area contributed by atoms with Crippen LogP contribution in [0.1, 0.15) is 50.3 Å². The molecule has 1 amide bonds. The molecular formula is C21H35N7O3SSi. The highest BCUT2D eigenvalue weighted by atomic mass is 32.2. The van der Waals surface area contributed by atoms with Crippen LogP contribution in [0.5, 0.6) is 0 Å². The molecule has 0 unspecified atom stereocenters. The number of hydrogen-bond donors (Lipinski definition) is 1. The highest BCUT2D eigenvalue weighted by molar-refractivity contribution is 7.99. The molecule has 1 saturated heterocycles. The molecule has 0 aliphatic carbocycles. The van der Waals surface area contributed by atoms with Crippen LogP contribution in [0.2, 0.25) is 18.1 Å². The largest absolute Gasteiger partial charge is 0.413 e. The molecule has 1 N–H and O–H groups in total. The van der Waals surface area contributed by atoms with Crippen molar-refractivity contribution in [1.82, 2.24) is 35.3 Å². The lowest BCUT2D eigenvalue weighted by molar-refractivity contribution is -0.139. The number of Topliss-reactive ketones (excluding diaryl/α,β-unsaturated/α-hetero) is 1. The van der Waals surface area contributed by atoms with Crippen molar-refractivity contribution in [3.63, 3.8) is 0 Å². The number of nitrogens with zero attached hydrogens (tertiary/aromatic N) is 6. The van der Waals surface area contributed by atoms with Gasteiger partial charge in [0.15, 0.2) is 14.1 Å². The minimum absolute atomic E-state index is 0.0454. The molecule has 3 atom stereocenters. The minimum Gasteiger partial charge on any atom is -0.413 e. The normalized spacial score (nSPS) is 19.8. The van der Waals surface area contributed by atoms with E-state index in [1.54, 1.807) is 11.7 Å². The quantitative estimate of drug-likeness (QED) is 0.232. The Bertz CT molecular complexity index is 1010. The third kappa shape index (κ3) is 5.72. The zero-order valence-corrected chi connectivity index (χ0v) is 22.6. The van der Waals surface area contributed by atoms with Crippen LogP contribution in [0, 0.1) is 12.8 Å². The van der Waals surface area contributed by atoms with Crippen molar-refractivity contribution < 1.29 is 14.0 Å². The molecule has 1 fully saturated rings.